The van der Waals surface area contributed by atoms with Gasteiger partial charge in [0.05, 0.1) is 6.04 Å². The van der Waals surface area contributed by atoms with E-state index in [0.29, 0.717) is 0 Å². The SMILES string of the molecule is CC/C=C/c1cc(C)ccc1C(C)N=C=O. The third-order valence-electron chi connectivity index (χ3n) is 2.47. The van der Waals surface area contributed by atoms with Crippen LogP contribution in [0.15, 0.2) is 29.3 Å². The first kappa shape index (κ1) is 12.4. The van der Waals surface area contributed by atoms with Crippen molar-refractivity contribution in [1.29, 1.82) is 0 Å². The van der Waals surface area contributed by atoms with E-state index in [0.717, 1.165) is 17.5 Å². The zero-order chi connectivity index (χ0) is 12.0. The van der Waals surface area contributed by atoms with E-state index in [2.05, 4.69) is 37.1 Å². The first-order valence-electron chi connectivity index (χ1n) is 5.53. The molecule has 0 aliphatic heterocycles. The standard InChI is InChI=1S/C14H17NO/c1-4-5-6-13-9-11(2)7-8-14(13)12(3)15-10-16/h5-9,12H,4H2,1-3H3/b6-5+. The van der Waals surface area contributed by atoms with Crippen LogP contribution in [-0.4, -0.2) is 6.08 Å². The normalized spacial score (nSPS) is 12.4. The Bertz CT molecular complexity index is 428. The van der Waals surface area contributed by atoms with Gasteiger partial charge in [-0.2, -0.15) is 4.99 Å². The maximum atomic E-state index is 10.3. The van der Waals surface area contributed by atoms with Crippen molar-refractivity contribution in [2.24, 2.45) is 4.99 Å². The van der Waals surface area contributed by atoms with Gasteiger partial charge in [0.2, 0.25) is 6.08 Å². The van der Waals surface area contributed by atoms with Gasteiger partial charge >= 0.3 is 0 Å². The molecule has 2 heteroatoms. The number of aliphatic imine (C=N–C) groups is 1. The van der Waals surface area contributed by atoms with Crippen LogP contribution in [-0.2, 0) is 4.79 Å². The van der Waals surface area contributed by atoms with E-state index in [1.165, 1.54) is 5.56 Å². The van der Waals surface area contributed by atoms with Crippen molar-refractivity contribution < 1.29 is 4.79 Å². The Morgan fingerprint density at radius 1 is 1.50 bits per heavy atom. The van der Waals surface area contributed by atoms with Crippen LogP contribution in [0.2, 0.25) is 0 Å². The third-order valence-corrected chi connectivity index (χ3v) is 2.47. The summed E-state index contributed by atoms with van der Waals surface area (Å²) in [6, 6.07) is 6.04. The molecule has 1 atom stereocenters. The fraction of sp³-hybridized carbons (Fsp3) is 0.357. The van der Waals surface area contributed by atoms with Crippen LogP contribution in [0.1, 0.15) is 43.0 Å². The lowest BCUT2D eigenvalue weighted by Crippen LogP contribution is -1.94. The van der Waals surface area contributed by atoms with Gasteiger partial charge in [0, 0.05) is 0 Å². The van der Waals surface area contributed by atoms with Gasteiger partial charge in [-0.15, -0.1) is 0 Å². The molecule has 0 amide bonds. The average molecular weight is 215 g/mol. The van der Waals surface area contributed by atoms with Crippen LogP contribution in [0.4, 0.5) is 0 Å². The van der Waals surface area contributed by atoms with Crippen molar-refractivity contribution in [2.75, 3.05) is 0 Å². The Morgan fingerprint density at radius 3 is 2.88 bits per heavy atom. The smallest absolute Gasteiger partial charge is 0.211 e. The van der Waals surface area contributed by atoms with Crippen LogP contribution in [0.5, 0.6) is 0 Å². The molecule has 0 aromatic heterocycles. The summed E-state index contributed by atoms with van der Waals surface area (Å²) in [5, 5.41) is 0. The van der Waals surface area contributed by atoms with Gasteiger partial charge in [-0.3, -0.25) is 0 Å². The molecular weight excluding hydrogens is 198 g/mol. The van der Waals surface area contributed by atoms with Gasteiger partial charge in [-0.1, -0.05) is 42.8 Å². The molecule has 16 heavy (non-hydrogen) atoms. The fourth-order valence-corrected chi connectivity index (χ4v) is 1.61. The molecule has 0 spiro atoms. The quantitative estimate of drug-likeness (QED) is 0.554. The van der Waals surface area contributed by atoms with Crippen LogP contribution in [0, 0.1) is 6.92 Å². The molecule has 1 aromatic carbocycles. The first-order valence-corrected chi connectivity index (χ1v) is 5.53. The highest BCUT2D eigenvalue weighted by Crippen LogP contribution is 2.23. The van der Waals surface area contributed by atoms with Gasteiger partial charge in [-0.05, 0) is 31.4 Å². The Kier molecular flexibility index (Phi) is 4.68. The minimum Gasteiger partial charge on any atom is -0.211 e. The first-order chi connectivity index (χ1) is 7.69. The average Bonchev–Trinajstić information content (AvgIpc) is 2.26. The molecule has 1 rings (SSSR count). The van der Waals surface area contributed by atoms with Crippen molar-refractivity contribution in [3.63, 3.8) is 0 Å². The van der Waals surface area contributed by atoms with E-state index in [4.69, 9.17) is 0 Å². The van der Waals surface area contributed by atoms with Crippen LogP contribution in [0.25, 0.3) is 6.08 Å². The van der Waals surface area contributed by atoms with E-state index >= 15 is 0 Å². The molecule has 1 unspecified atom stereocenters. The number of benzene rings is 1. The topological polar surface area (TPSA) is 29.4 Å². The summed E-state index contributed by atoms with van der Waals surface area (Å²) in [5.74, 6) is 0. The van der Waals surface area contributed by atoms with E-state index in [-0.39, 0.29) is 6.04 Å². The lowest BCUT2D eigenvalue weighted by molar-refractivity contribution is 0.559. The Balaban J connectivity index is 3.16. The minimum atomic E-state index is -0.130. The Hall–Kier alpha value is -1.66. The summed E-state index contributed by atoms with van der Waals surface area (Å²) in [6.45, 7) is 6.05. The highest BCUT2D eigenvalue weighted by atomic mass is 16.1. The summed E-state index contributed by atoms with van der Waals surface area (Å²) < 4.78 is 0. The van der Waals surface area contributed by atoms with E-state index < -0.39 is 0 Å². The molecule has 0 radical (unpaired) electrons. The van der Waals surface area contributed by atoms with E-state index in [9.17, 15) is 4.79 Å². The molecule has 1 aromatic rings. The lowest BCUT2D eigenvalue weighted by Gasteiger charge is -2.10. The molecule has 0 aliphatic carbocycles. The number of aryl methyl sites for hydroxylation is 1. The predicted octanol–water partition coefficient (Wildman–Crippen LogP) is 3.82. The highest BCUT2D eigenvalue weighted by Gasteiger charge is 2.07. The number of allylic oxidation sites excluding steroid dienone is 1. The summed E-state index contributed by atoms with van der Waals surface area (Å²) in [5.41, 5.74) is 3.41. The molecule has 0 aliphatic rings. The number of hydrogen-bond acceptors (Lipinski definition) is 2. The minimum absolute atomic E-state index is 0.130. The molecule has 0 saturated heterocycles. The number of rotatable bonds is 4. The zero-order valence-corrected chi connectivity index (χ0v) is 10.0. The van der Waals surface area contributed by atoms with Crippen LogP contribution in [0.3, 0.4) is 0 Å². The lowest BCUT2D eigenvalue weighted by atomic mass is 9.99. The van der Waals surface area contributed by atoms with Crippen LogP contribution >= 0.6 is 0 Å². The molecule has 0 N–H and O–H groups in total. The zero-order valence-electron chi connectivity index (χ0n) is 10.0. The van der Waals surface area contributed by atoms with Crippen molar-refractivity contribution in [2.45, 2.75) is 33.2 Å². The van der Waals surface area contributed by atoms with Crippen molar-refractivity contribution in [1.82, 2.24) is 0 Å². The monoisotopic (exact) mass is 215 g/mol. The number of hydrogen-bond donors (Lipinski definition) is 0. The van der Waals surface area contributed by atoms with E-state index in [1.807, 2.05) is 19.1 Å². The summed E-state index contributed by atoms with van der Waals surface area (Å²) >= 11 is 0. The highest BCUT2D eigenvalue weighted by molar-refractivity contribution is 5.56. The molecule has 0 heterocycles. The maximum Gasteiger partial charge on any atom is 0.235 e. The molecule has 2 nitrogen and oxygen atoms in total. The second kappa shape index (κ2) is 6.04. The van der Waals surface area contributed by atoms with Crippen LogP contribution < -0.4 is 0 Å². The van der Waals surface area contributed by atoms with E-state index in [1.54, 1.807) is 6.08 Å². The fourth-order valence-electron chi connectivity index (χ4n) is 1.61. The second-order valence-electron chi connectivity index (χ2n) is 3.84. The molecule has 0 bridgehead atoms. The summed E-state index contributed by atoms with van der Waals surface area (Å²) in [4.78, 5) is 14.0. The summed E-state index contributed by atoms with van der Waals surface area (Å²) in [7, 11) is 0. The molecule has 0 saturated carbocycles. The van der Waals surface area contributed by atoms with Gasteiger partial charge < -0.3 is 0 Å². The molecule has 84 valence electrons. The van der Waals surface area contributed by atoms with Gasteiger partial charge in [0.25, 0.3) is 0 Å². The predicted molar refractivity (Wildman–Crippen MR) is 67.0 cm³/mol. The van der Waals surface area contributed by atoms with Gasteiger partial charge in [0.1, 0.15) is 0 Å². The maximum absolute atomic E-state index is 10.3. The van der Waals surface area contributed by atoms with Crippen molar-refractivity contribution in [3.8, 4) is 0 Å². The van der Waals surface area contributed by atoms with Crippen molar-refractivity contribution >= 4 is 12.2 Å². The third kappa shape index (κ3) is 3.18. The summed E-state index contributed by atoms with van der Waals surface area (Å²) in [6.07, 6.45) is 6.80. The largest absolute Gasteiger partial charge is 0.235 e. The van der Waals surface area contributed by atoms with Gasteiger partial charge in [-0.25, -0.2) is 4.79 Å². The number of nitrogens with zero attached hydrogens (tertiary/aromatic N) is 1. The van der Waals surface area contributed by atoms with Gasteiger partial charge in [0.15, 0.2) is 0 Å². The molecular formula is C14H17NO. The number of isocyanates is 1. The van der Waals surface area contributed by atoms with Crippen molar-refractivity contribution in [3.05, 3.63) is 41.0 Å². The second-order valence-corrected chi connectivity index (χ2v) is 3.84. The number of carbonyl (C=O) groups excluding carboxylic acids is 1. The Labute approximate surface area is 96.7 Å². The Morgan fingerprint density at radius 2 is 2.25 bits per heavy atom. The molecule has 0 fully saturated rings.